The largest absolute Gasteiger partial charge is 0.453 e. The van der Waals surface area contributed by atoms with Gasteiger partial charge in [-0.1, -0.05) is 44.7 Å². The summed E-state index contributed by atoms with van der Waals surface area (Å²) in [7, 11) is 2.82. The summed E-state index contributed by atoms with van der Waals surface area (Å²) in [6, 6.07) is 6.56. The standard InChI is InChI=1S/C40H55N9O5/c1-23(2)33(46-39(52)41-5)37(50)48-19-7-9-31(48)35-42-21-29(44-35)27-15-11-25(12-16-27)26-13-17-28(18-14-26)30-22-43-36(45-30)32-10-8-20-49(32)38(51)34(24(3)4)47-40(53)54-6/h11-12,15-16,21-23,26,28,31-34H,3,7-10,13-14,17-20H2,1-2,4-6H3,(H,42,44)(H,43,45)(H,47,53)(H2,41,46,52)/t26-,28-,31-,32-,33-,34+/m0/s1. The number of ether oxygens (including phenoxy) is 1. The maximum atomic E-state index is 13.6. The zero-order valence-corrected chi connectivity index (χ0v) is 32.1. The van der Waals surface area contributed by atoms with Gasteiger partial charge in [0.2, 0.25) is 11.8 Å². The third-order valence-electron chi connectivity index (χ3n) is 11.4. The molecule has 0 spiro atoms. The quantitative estimate of drug-likeness (QED) is 0.154. The van der Waals surface area contributed by atoms with Crippen LogP contribution >= 0.6 is 0 Å². The predicted molar refractivity (Wildman–Crippen MR) is 204 cm³/mol. The van der Waals surface area contributed by atoms with Crippen LogP contribution in [0.25, 0.3) is 11.3 Å². The Balaban J connectivity index is 1.04. The Morgan fingerprint density at radius 1 is 0.833 bits per heavy atom. The molecule has 4 heterocycles. The molecule has 2 aromatic heterocycles. The van der Waals surface area contributed by atoms with Crippen LogP contribution in [0.3, 0.4) is 0 Å². The maximum absolute atomic E-state index is 13.6. The Hall–Kier alpha value is -5.14. The minimum atomic E-state index is -0.850. The molecule has 1 saturated carbocycles. The van der Waals surface area contributed by atoms with Crippen molar-refractivity contribution in [1.29, 1.82) is 0 Å². The van der Waals surface area contributed by atoms with E-state index in [0.717, 1.165) is 80.0 Å². The lowest BCUT2D eigenvalue weighted by Gasteiger charge is -2.30. The highest BCUT2D eigenvalue weighted by Crippen LogP contribution is 2.41. The van der Waals surface area contributed by atoms with E-state index in [1.165, 1.54) is 12.7 Å². The predicted octanol–water partition coefficient (Wildman–Crippen LogP) is 5.82. The number of hydrogen-bond acceptors (Lipinski definition) is 7. The topological polar surface area (TPSA) is 177 Å². The molecule has 6 rings (SSSR count). The van der Waals surface area contributed by atoms with Crippen LogP contribution in [0, 0.1) is 5.92 Å². The Morgan fingerprint density at radius 2 is 1.43 bits per heavy atom. The molecular weight excluding hydrogens is 686 g/mol. The fourth-order valence-electron chi connectivity index (χ4n) is 8.33. The first-order chi connectivity index (χ1) is 26.0. The summed E-state index contributed by atoms with van der Waals surface area (Å²) in [6.45, 7) is 10.7. The first-order valence-corrected chi connectivity index (χ1v) is 19.3. The Kier molecular flexibility index (Phi) is 12.1. The maximum Gasteiger partial charge on any atom is 0.407 e. The molecule has 3 aliphatic rings. The SMILES string of the molecule is C=C(C)[C@@H](NC(=O)OC)C(=O)N1CCC[C@H]1c1ncc([C@H]2CC[C@H](c3ccc(-c4cnc([C@@H]5CCCN5C(=O)[C@@H](NC(=O)NC)C(C)C)[nH]4)cc3)CC2)[nH]1. The van der Waals surface area contributed by atoms with Crippen LogP contribution in [-0.4, -0.2) is 93.0 Å². The van der Waals surface area contributed by atoms with E-state index in [0.29, 0.717) is 30.5 Å². The highest BCUT2D eigenvalue weighted by Gasteiger charge is 2.39. The third-order valence-corrected chi connectivity index (χ3v) is 11.4. The van der Waals surface area contributed by atoms with Gasteiger partial charge in [0.05, 0.1) is 31.1 Å². The molecule has 3 aromatic rings. The van der Waals surface area contributed by atoms with Crippen molar-refractivity contribution >= 4 is 23.9 Å². The van der Waals surface area contributed by atoms with Crippen molar-refractivity contribution in [3.8, 4) is 11.3 Å². The molecule has 1 aliphatic carbocycles. The van der Waals surface area contributed by atoms with Crippen molar-refractivity contribution < 1.29 is 23.9 Å². The normalized spacial score (nSPS) is 22.5. The lowest BCUT2D eigenvalue weighted by Crippen LogP contribution is -2.53. The van der Waals surface area contributed by atoms with Crippen molar-refractivity contribution in [3.63, 3.8) is 0 Å². The number of amides is 5. The van der Waals surface area contributed by atoms with Crippen molar-refractivity contribution in [2.24, 2.45) is 5.92 Å². The second-order valence-corrected chi connectivity index (χ2v) is 15.3. The monoisotopic (exact) mass is 741 g/mol. The molecule has 1 aromatic carbocycles. The molecule has 3 fully saturated rings. The van der Waals surface area contributed by atoms with Crippen LogP contribution in [0.5, 0.6) is 0 Å². The Labute approximate surface area is 317 Å². The van der Waals surface area contributed by atoms with E-state index >= 15 is 0 Å². The average molecular weight is 742 g/mol. The third kappa shape index (κ3) is 8.32. The summed E-state index contributed by atoms with van der Waals surface area (Å²) >= 11 is 0. The van der Waals surface area contributed by atoms with Crippen molar-refractivity contribution in [2.75, 3.05) is 27.2 Å². The van der Waals surface area contributed by atoms with Gasteiger partial charge in [0.1, 0.15) is 23.7 Å². The number of benzene rings is 1. The minimum Gasteiger partial charge on any atom is -0.453 e. The number of H-pyrrole nitrogens is 2. The second kappa shape index (κ2) is 16.9. The molecule has 0 radical (unpaired) electrons. The number of methoxy groups -OCH3 is 1. The van der Waals surface area contributed by atoms with Crippen LogP contribution in [0.1, 0.15) is 119 Å². The number of likely N-dealkylation sites (tertiary alicyclic amines) is 2. The lowest BCUT2D eigenvalue weighted by atomic mass is 9.77. The fraction of sp³-hybridized carbons (Fsp3) is 0.550. The van der Waals surface area contributed by atoms with E-state index in [1.54, 1.807) is 18.9 Å². The van der Waals surface area contributed by atoms with Crippen LogP contribution in [0.4, 0.5) is 9.59 Å². The van der Waals surface area contributed by atoms with Gasteiger partial charge >= 0.3 is 12.1 Å². The van der Waals surface area contributed by atoms with Gasteiger partial charge in [-0.2, -0.15) is 0 Å². The summed E-state index contributed by atoms with van der Waals surface area (Å²) in [6.07, 6.45) is 10.7. The van der Waals surface area contributed by atoms with Gasteiger partial charge in [-0.3, -0.25) is 9.59 Å². The summed E-state index contributed by atoms with van der Waals surface area (Å²) in [4.78, 5) is 71.2. The molecule has 2 aliphatic heterocycles. The number of nitrogens with one attached hydrogen (secondary N) is 5. The fourth-order valence-corrected chi connectivity index (χ4v) is 8.33. The number of alkyl carbamates (subject to hydrolysis) is 1. The molecule has 0 unspecified atom stereocenters. The number of imidazole rings is 2. The Bertz CT molecular complexity index is 1810. The summed E-state index contributed by atoms with van der Waals surface area (Å²) in [5, 5.41) is 7.98. The zero-order chi connectivity index (χ0) is 38.5. The highest BCUT2D eigenvalue weighted by atomic mass is 16.5. The van der Waals surface area contributed by atoms with Crippen LogP contribution in [-0.2, 0) is 14.3 Å². The molecular formula is C40H55N9O5. The molecule has 2 saturated heterocycles. The number of carbonyl (C=O) groups excluding carboxylic acids is 4. The van der Waals surface area contributed by atoms with Crippen LogP contribution in [0.15, 0.2) is 48.8 Å². The van der Waals surface area contributed by atoms with E-state index in [1.807, 2.05) is 31.1 Å². The van der Waals surface area contributed by atoms with Gasteiger partial charge in [-0.05, 0) is 86.8 Å². The van der Waals surface area contributed by atoms with E-state index in [-0.39, 0.29) is 35.8 Å². The minimum absolute atomic E-state index is 0.0535. The molecule has 5 amide bonds. The van der Waals surface area contributed by atoms with Crippen molar-refractivity contribution in [1.82, 2.24) is 45.7 Å². The summed E-state index contributed by atoms with van der Waals surface area (Å²) < 4.78 is 4.73. The van der Waals surface area contributed by atoms with Gasteiger partial charge in [-0.25, -0.2) is 19.6 Å². The number of hydrogen-bond donors (Lipinski definition) is 5. The average Bonchev–Trinajstić information content (AvgIpc) is 4.02. The zero-order valence-electron chi connectivity index (χ0n) is 32.1. The molecule has 0 bridgehead atoms. The molecule has 14 nitrogen and oxygen atoms in total. The van der Waals surface area contributed by atoms with E-state index in [9.17, 15) is 19.2 Å². The van der Waals surface area contributed by atoms with Gasteiger partial charge in [0.15, 0.2) is 0 Å². The first kappa shape index (κ1) is 38.6. The number of aromatic nitrogens is 4. The second-order valence-electron chi connectivity index (χ2n) is 15.3. The smallest absolute Gasteiger partial charge is 0.407 e. The van der Waals surface area contributed by atoms with Gasteiger partial charge in [-0.15, -0.1) is 0 Å². The van der Waals surface area contributed by atoms with Crippen molar-refractivity contribution in [2.45, 2.75) is 108 Å². The molecule has 54 heavy (non-hydrogen) atoms. The van der Waals surface area contributed by atoms with Gasteiger partial charge < -0.3 is 40.5 Å². The number of carbonyl (C=O) groups is 4. The summed E-state index contributed by atoms with van der Waals surface area (Å²) in [5.41, 5.74) is 4.95. The highest BCUT2D eigenvalue weighted by molar-refractivity contribution is 5.89. The van der Waals surface area contributed by atoms with Crippen LogP contribution in [0.2, 0.25) is 0 Å². The van der Waals surface area contributed by atoms with Gasteiger partial charge in [0.25, 0.3) is 0 Å². The number of rotatable bonds is 11. The van der Waals surface area contributed by atoms with Crippen molar-refractivity contribution in [3.05, 3.63) is 71.7 Å². The van der Waals surface area contributed by atoms with E-state index < -0.39 is 18.2 Å². The number of aromatic amines is 2. The molecule has 5 N–H and O–H groups in total. The number of nitrogens with zero attached hydrogens (tertiary/aromatic N) is 4. The number of urea groups is 1. The van der Waals surface area contributed by atoms with E-state index in [4.69, 9.17) is 14.7 Å². The lowest BCUT2D eigenvalue weighted by molar-refractivity contribution is -0.135. The molecule has 290 valence electrons. The van der Waals surface area contributed by atoms with Crippen LogP contribution < -0.4 is 16.0 Å². The summed E-state index contributed by atoms with van der Waals surface area (Å²) in [5.74, 6) is 2.06. The Morgan fingerprint density at radius 3 is 2.02 bits per heavy atom. The van der Waals surface area contributed by atoms with E-state index in [2.05, 4.69) is 56.8 Å². The molecule has 4 atom stereocenters. The van der Waals surface area contributed by atoms with Gasteiger partial charge in [0, 0.05) is 37.9 Å². The molecule has 14 heteroatoms. The first-order valence-electron chi connectivity index (χ1n) is 19.3.